The molecule has 0 saturated heterocycles. The Labute approximate surface area is 80.1 Å². The van der Waals surface area contributed by atoms with Crippen molar-refractivity contribution in [1.82, 2.24) is 0 Å². The molecule has 0 rings (SSSR count). The van der Waals surface area contributed by atoms with Gasteiger partial charge in [0, 0.05) is 0 Å². The van der Waals surface area contributed by atoms with Crippen LogP contribution in [-0.4, -0.2) is 21.9 Å². The molecule has 0 radical (unpaired) electrons. The molecule has 0 aliphatic carbocycles. The van der Waals surface area contributed by atoms with Gasteiger partial charge in [-0.1, -0.05) is 0 Å². The fourth-order valence-electron chi connectivity index (χ4n) is 0. The van der Waals surface area contributed by atoms with Crippen molar-refractivity contribution in [3.63, 3.8) is 0 Å². The Morgan fingerprint density at radius 3 is 0.333 bits per heavy atom. The van der Waals surface area contributed by atoms with Crippen LogP contribution >= 0.6 is 0 Å². The van der Waals surface area contributed by atoms with E-state index < -0.39 is 0 Å². The molecule has 0 aliphatic heterocycles. The van der Waals surface area contributed by atoms with Crippen LogP contribution in [-0.2, 0) is 0 Å². The van der Waals surface area contributed by atoms with Crippen LogP contribution in [0.25, 0.3) is 0 Å². The molecule has 4 nitrogen and oxygen atoms in total. The Morgan fingerprint density at radius 2 is 0.333 bits per heavy atom. The van der Waals surface area contributed by atoms with Gasteiger partial charge in [-0.2, -0.15) is 0 Å². The van der Waals surface area contributed by atoms with E-state index in [1.165, 1.54) is 0 Å². The molecule has 6 heteroatoms. The van der Waals surface area contributed by atoms with Crippen molar-refractivity contribution < 1.29 is 81.0 Å². The summed E-state index contributed by atoms with van der Waals surface area (Å²) in [6, 6.07) is 0. The maximum atomic E-state index is 0. The third-order valence-corrected chi connectivity index (χ3v) is 0. The van der Waals surface area contributed by atoms with Crippen LogP contribution in [0.5, 0.6) is 0 Å². The number of hydrogen-bond acceptors (Lipinski definition) is 0. The smallest absolute Gasteiger partial charge is 0.412 e. The summed E-state index contributed by atoms with van der Waals surface area (Å²) in [5.41, 5.74) is 0. The van der Waals surface area contributed by atoms with Crippen LogP contribution in [0.4, 0.5) is 0 Å². The molecule has 0 saturated carbocycles. The molecule has 0 aromatic carbocycles. The van der Waals surface area contributed by atoms with Crippen LogP contribution in [0.1, 0.15) is 0 Å². The van der Waals surface area contributed by atoms with E-state index in [2.05, 4.69) is 0 Å². The molecule has 0 aromatic heterocycles. The molecule has 0 aliphatic rings. The van der Waals surface area contributed by atoms with E-state index in [0.717, 1.165) is 0 Å². The van der Waals surface area contributed by atoms with Crippen molar-refractivity contribution in [1.29, 1.82) is 0 Å². The molecule has 0 aromatic rings. The van der Waals surface area contributed by atoms with E-state index in [1.807, 2.05) is 0 Å². The van der Waals surface area contributed by atoms with Gasteiger partial charge in [0.2, 0.25) is 0 Å². The van der Waals surface area contributed by atoms with Crippen molar-refractivity contribution >= 4 is 0 Å². The van der Waals surface area contributed by atoms with Crippen molar-refractivity contribution in [2.75, 3.05) is 0 Å². The molecule has 0 unspecified atom stereocenters. The summed E-state index contributed by atoms with van der Waals surface area (Å²) in [6.07, 6.45) is 0. The Morgan fingerprint density at radius 1 is 0.333 bits per heavy atom. The molecule has 0 amide bonds. The van der Waals surface area contributed by atoms with E-state index >= 15 is 0 Å². The van der Waals surface area contributed by atoms with Crippen molar-refractivity contribution in [2.24, 2.45) is 0 Å². The predicted octanol–water partition coefficient (Wildman–Crippen LogP) is -9.29. The maximum absolute atomic E-state index is 0. The first-order valence-electron chi connectivity index (χ1n) is 0. The van der Waals surface area contributed by atoms with Crippen LogP contribution in [0.3, 0.4) is 0 Å². The minimum Gasteiger partial charge on any atom is -0.412 e. The van der Waals surface area contributed by atoms with Gasteiger partial charge >= 0.3 is 59.1 Å². The maximum Gasteiger partial charge on any atom is 1.00 e. The third-order valence-electron chi connectivity index (χ3n) is 0. The first-order chi connectivity index (χ1) is 0. The Bertz CT molecular complexity index is 5.51. The number of rotatable bonds is 0. The van der Waals surface area contributed by atoms with Crippen LogP contribution < -0.4 is 59.1 Å². The molecule has 0 spiro atoms. The van der Waals surface area contributed by atoms with Gasteiger partial charge in [0.15, 0.2) is 0 Å². The summed E-state index contributed by atoms with van der Waals surface area (Å²) >= 11 is 0. The van der Waals surface area contributed by atoms with E-state index in [4.69, 9.17) is 0 Å². The van der Waals surface area contributed by atoms with Gasteiger partial charge in [0.25, 0.3) is 0 Å². The zero-order valence-corrected chi connectivity index (χ0v) is 8.00. The molecule has 6 heavy (non-hydrogen) atoms. The zero-order chi connectivity index (χ0) is 0. The van der Waals surface area contributed by atoms with E-state index in [1.54, 1.807) is 0 Å². The Balaban J connectivity index is 0. The average molecular weight is 118 g/mol. The topological polar surface area (TPSA) is 126 Å². The standard InChI is InChI=1S/2Na.4H2O/h;;4*1H2/q2*+1;;;;. The van der Waals surface area contributed by atoms with Crippen LogP contribution in [0.2, 0.25) is 0 Å². The van der Waals surface area contributed by atoms with Crippen molar-refractivity contribution in [2.45, 2.75) is 0 Å². The summed E-state index contributed by atoms with van der Waals surface area (Å²) in [5, 5.41) is 0. The fraction of sp³-hybridized carbons (Fsp3) is 0. The molecule has 32 valence electrons. The summed E-state index contributed by atoms with van der Waals surface area (Å²) in [7, 11) is 0. The molecule has 0 fully saturated rings. The molecule has 0 atom stereocenters. The average Bonchev–Trinajstić information content (AvgIpc) is 0. The quantitative estimate of drug-likeness (QED) is 0.280. The first kappa shape index (κ1) is 108. The summed E-state index contributed by atoms with van der Waals surface area (Å²) in [4.78, 5) is 0. The van der Waals surface area contributed by atoms with Crippen LogP contribution in [0.15, 0.2) is 0 Å². The summed E-state index contributed by atoms with van der Waals surface area (Å²) in [5.74, 6) is 0. The minimum absolute atomic E-state index is 0. The third kappa shape index (κ3) is 40.4. The molecule has 0 bridgehead atoms. The predicted molar refractivity (Wildman–Crippen MR) is 14.5 cm³/mol. The monoisotopic (exact) mass is 118 g/mol. The molecular formula is H8Na2O4+2. The fourth-order valence-corrected chi connectivity index (χ4v) is 0. The largest absolute Gasteiger partial charge is 1.00 e. The SMILES string of the molecule is O.O.O.O.[Na+].[Na+]. The number of hydrogen-bond donors (Lipinski definition) is 0. The summed E-state index contributed by atoms with van der Waals surface area (Å²) < 4.78 is 0. The zero-order valence-electron chi connectivity index (χ0n) is 4.00. The van der Waals surface area contributed by atoms with Gasteiger partial charge in [-0.15, -0.1) is 0 Å². The van der Waals surface area contributed by atoms with Crippen LogP contribution in [0, 0.1) is 0 Å². The van der Waals surface area contributed by atoms with Gasteiger partial charge < -0.3 is 21.9 Å². The second-order valence-corrected chi connectivity index (χ2v) is 0. The van der Waals surface area contributed by atoms with E-state index in [0.29, 0.717) is 0 Å². The van der Waals surface area contributed by atoms with Gasteiger partial charge in [0.05, 0.1) is 0 Å². The summed E-state index contributed by atoms with van der Waals surface area (Å²) in [6.45, 7) is 0. The van der Waals surface area contributed by atoms with Gasteiger partial charge in [0.1, 0.15) is 0 Å². The van der Waals surface area contributed by atoms with Crippen molar-refractivity contribution in [3.8, 4) is 0 Å². The minimum atomic E-state index is 0. The molecular weight excluding hydrogens is 110 g/mol. The van der Waals surface area contributed by atoms with Crippen molar-refractivity contribution in [3.05, 3.63) is 0 Å². The molecule has 0 heterocycles. The van der Waals surface area contributed by atoms with Gasteiger partial charge in [-0.05, 0) is 0 Å². The second-order valence-electron chi connectivity index (χ2n) is 0. The van der Waals surface area contributed by atoms with Gasteiger partial charge in [-0.3, -0.25) is 0 Å². The normalized spacial score (nSPS) is 0. The molecule has 8 N–H and O–H groups in total. The van der Waals surface area contributed by atoms with E-state index in [9.17, 15) is 0 Å². The Kier molecular flexibility index (Phi) is 1240. The Hall–Kier alpha value is 1.84. The van der Waals surface area contributed by atoms with Gasteiger partial charge in [-0.25, -0.2) is 0 Å². The van der Waals surface area contributed by atoms with E-state index in [-0.39, 0.29) is 81.0 Å². The first-order valence-corrected chi connectivity index (χ1v) is 0. The second kappa shape index (κ2) is 68.9.